The van der Waals surface area contributed by atoms with Gasteiger partial charge in [-0.25, -0.2) is 4.79 Å². The molecule has 3 rings (SSSR count). The molecule has 0 unspecified atom stereocenters. The largest absolute Gasteiger partial charge is 0.485 e. The molecule has 1 atom stereocenters. The molecular formula is C17H16O4. The van der Waals surface area contributed by atoms with E-state index in [2.05, 4.69) is 0 Å². The molecule has 4 heteroatoms. The summed E-state index contributed by atoms with van der Waals surface area (Å²) in [6.45, 7) is 3.97. The van der Waals surface area contributed by atoms with E-state index in [4.69, 9.17) is 14.2 Å². The van der Waals surface area contributed by atoms with Gasteiger partial charge in [0.25, 0.3) is 0 Å². The second kappa shape index (κ2) is 5.48. The van der Waals surface area contributed by atoms with E-state index in [0.29, 0.717) is 17.2 Å². The molecule has 2 aromatic rings. The first-order valence-corrected chi connectivity index (χ1v) is 6.81. The van der Waals surface area contributed by atoms with Crippen molar-refractivity contribution in [2.75, 3.05) is 6.61 Å². The van der Waals surface area contributed by atoms with Crippen LogP contribution >= 0.6 is 0 Å². The normalized spacial score (nSPS) is 16.4. The first kappa shape index (κ1) is 13.5. The number of hydrogen-bond acceptors (Lipinski definition) is 4. The standard InChI is InChI=1S/C17H16O4/c1-11-6-5-7-12(2)16(11)21-17(18)15-10-19-13-8-3-4-9-14(13)20-15/h3-9,15H,10H2,1-2H3/t15-/m0/s1. The van der Waals surface area contributed by atoms with Crippen LogP contribution in [-0.4, -0.2) is 18.7 Å². The number of hydrogen-bond donors (Lipinski definition) is 0. The van der Waals surface area contributed by atoms with Gasteiger partial charge >= 0.3 is 5.97 Å². The van der Waals surface area contributed by atoms with Crippen LogP contribution in [0.15, 0.2) is 42.5 Å². The molecule has 0 saturated heterocycles. The summed E-state index contributed by atoms with van der Waals surface area (Å²) in [5.41, 5.74) is 1.83. The molecule has 0 spiro atoms. The van der Waals surface area contributed by atoms with Crippen LogP contribution in [-0.2, 0) is 4.79 Å². The molecule has 0 fully saturated rings. The van der Waals surface area contributed by atoms with Gasteiger partial charge in [-0.15, -0.1) is 0 Å². The molecule has 0 radical (unpaired) electrons. The van der Waals surface area contributed by atoms with Crippen LogP contribution in [0.4, 0.5) is 0 Å². The molecule has 4 nitrogen and oxygen atoms in total. The molecule has 0 saturated carbocycles. The lowest BCUT2D eigenvalue weighted by Crippen LogP contribution is -2.39. The summed E-state index contributed by atoms with van der Waals surface area (Å²) in [7, 11) is 0. The molecule has 1 heterocycles. The maximum atomic E-state index is 12.3. The average molecular weight is 284 g/mol. The van der Waals surface area contributed by atoms with Gasteiger partial charge < -0.3 is 14.2 Å². The summed E-state index contributed by atoms with van der Waals surface area (Å²) >= 11 is 0. The maximum absolute atomic E-state index is 12.3. The predicted octanol–water partition coefficient (Wildman–Crippen LogP) is 3.05. The van der Waals surface area contributed by atoms with E-state index in [1.807, 2.05) is 50.2 Å². The number of rotatable bonds is 2. The smallest absolute Gasteiger partial charge is 0.356 e. The molecule has 0 aliphatic carbocycles. The van der Waals surface area contributed by atoms with Gasteiger partial charge in [0.05, 0.1) is 0 Å². The molecule has 0 amide bonds. The second-order valence-corrected chi connectivity index (χ2v) is 5.01. The Hall–Kier alpha value is -2.49. The quantitative estimate of drug-likeness (QED) is 0.628. The minimum atomic E-state index is -0.751. The Morgan fingerprint density at radius 3 is 2.43 bits per heavy atom. The van der Waals surface area contributed by atoms with Crippen molar-refractivity contribution >= 4 is 5.97 Å². The van der Waals surface area contributed by atoms with E-state index in [-0.39, 0.29) is 6.61 Å². The third kappa shape index (κ3) is 2.70. The number of benzene rings is 2. The Morgan fingerprint density at radius 2 is 1.71 bits per heavy atom. The fourth-order valence-corrected chi connectivity index (χ4v) is 2.26. The number of para-hydroxylation sites is 3. The zero-order valence-corrected chi connectivity index (χ0v) is 12.0. The van der Waals surface area contributed by atoms with Gasteiger partial charge in [0, 0.05) is 0 Å². The summed E-state index contributed by atoms with van der Waals surface area (Å²) in [4.78, 5) is 12.3. The minimum Gasteiger partial charge on any atom is -0.485 e. The van der Waals surface area contributed by atoms with Crippen LogP contribution in [0, 0.1) is 13.8 Å². The number of carbonyl (C=O) groups excluding carboxylic acids is 1. The van der Waals surface area contributed by atoms with Gasteiger partial charge in [-0.3, -0.25) is 0 Å². The zero-order chi connectivity index (χ0) is 14.8. The highest BCUT2D eigenvalue weighted by atomic mass is 16.6. The number of esters is 1. The molecule has 0 N–H and O–H groups in total. The molecule has 1 aliphatic heterocycles. The van der Waals surface area contributed by atoms with E-state index in [1.54, 1.807) is 6.07 Å². The van der Waals surface area contributed by atoms with Gasteiger partial charge in [0.1, 0.15) is 12.4 Å². The lowest BCUT2D eigenvalue weighted by molar-refractivity contribution is -0.144. The van der Waals surface area contributed by atoms with Gasteiger partial charge in [0.2, 0.25) is 6.10 Å². The van der Waals surface area contributed by atoms with Crippen molar-refractivity contribution < 1.29 is 19.0 Å². The summed E-state index contributed by atoms with van der Waals surface area (Å²) < 4.78 is 16.7. The molecule has 1 aliphatic rings. The lowest BCUT2D eigenvalue weighted by Gasteiger charge is -2.25. The topological polar surface area (TPSA) is 44.8 Å². The van der Waals surface area contributed by atoms with Crippen molar-refractivity contribution in [2.45, 2.75) is 20.0 Å². The molecular weight excluding hydrogens is 268 g/mol. The van der Waals surface area contributed by atoms with Crippen LogP contribution in [0.5, 0.6) is 17.2 Å². The van der Waals surface area contributed by atoms with Crippen LogP contribution in [0.2, 0.25) is 0 Å². The van der Waals surface area contributed by atoms with Crippen molar-refractivity contribution in [1.82, 2.24) is 0 Å². The first-order valence-electron chi connectivity index (χ1n) is 6.81. The zero-order valence-electron chi connectivity index (χ0n) is 12.0. The Bertz CT molecular complexity index is 658. The molecule has 21 heavy (non-hydrogen) atoms. The average Bonchev–Trinajstić information content (AvgIpc) is 2.50. The van der Waals surface area contributed by atoms with E-state index in [9.17, 15) is 4.79 Å². The Kier molecular flexibility index (Phi) is 3.52. The van der Waals surface area contributed by atoms with E-state index < -0.39 is 12.1 Å². The van der Waals surface area contributed by atoms with Crippen molar-refractivity contribution in [1.29, 1.82) is 0 Å². The second-order valence-electron chi connectivity index (χ2n) is 5.01. The van der Waals surface area contributed by atoms with Gasteiger partial charge in [-0.2, -0.15) is 0 Å². The fourth-order valence-electron chi connectivity index (χ4n) is 2.26. The maximum Gasteiger partial charge on any atom is 0.356 e. The van der Waals surface area contributed by atoms with E-state index in [0.717, 1.165) is 11.1 Å². The van der Waals surface area contributed by atoms with Gasteiger partial charge in [0.15, 0.2) is 11.5 Å². The monoisotopic (exact) mass is 284 g/mol. The molecule has 2 aromatic carbocycles. The highest BCUT2D eigenvalue weighted by Gasteiger charge is 2.29. The third-order valence-corrected chi connectivity index (χ3v) is 3.38. The summed E-state index contributed by atoms with van der Waals surface area (Å²) in [6.07, 6.45) is -0.751. The Morgan fingerprint density at radius 1 is 1.05 bits per heavy atom. The number of fused-ring (bicyclic) bond motifs is 1. The van der Waals surface area contributed by atoms with Crippen LogP contribution < -0.4 is 14.2 Å². The molecule has 0 bridgehead atoms. The van der Waals surface area contributed by atoms with Crippen molar-refractivity contribution in [2.24, 2.45) is 0 Å². The number of ether oxygens (including phenoxy) is 3. The van der Waals surface area contributed by atoms with Crippen LogP contribution in [0.3, 0.4) is 0 Å². The van der Waals surface area contributed by atoms with Crippen molar-refractivity contribution in [3.05, 3.63) is 53.6 Å². The Balaban J connectivity index is 1.76. The minimum absolute atomic E-state index is 0.154. The van der Waals surface area contributed by atoms with E-state index in [1.165, 1.54) is 0 Å². The van der Waals surface area contributed by atoms with Crippen molar-refractivity contribution in [3.63, 3.8) is 0 Å². The summed E-state index contributed by atoms with van der Waals surface area (Å²) in [5.74, 6) is 1.35. The molecule has 108 valence electrons. The van der Waals surface area contributed by atoms with Crippen LogP contribution in [0.25, 0.3) is 0 Å². The fraction of sp³-hybridized carbons (Fsp3) is 0.235. The SMILES string of the molecule is Cc1cccc(C)c1OC(=O)[C@@H]1COc2ccccc2O1. The lowest BCUT2D eigenvalue weighted by atomic mass is 10.1. The summed E-state index contributed by atoms with van der Waals surface area (Å²) in [6, 6.07) is 13.0. The van der Waals surface area contributed by atoms with Crippen molar-refractivity contribution in [3.8, 4) is 17.2 Å². The highest BCUT2D eigenvalue weighted by molar-refractivity contribution is 5.79. The van der Waals surface area contributed by atoms with Gasteiger partial charge in [-0.1, -0.05) is 30.3 Å². The molecule has 0 aromatic heterocycles. The third-order valence-electron chi connectivity index (χ3n) is 3.38. The predicted molar refractivity (Wildman–Crippen MR) is 77.9 cm³/mol. The summed E-state index contributed by atoms with van der Waals surface area (Å²) in [5, 5.41) is 0. The first-order chi connectivity index (χ1) is 10.1. The Labute approximate surface area is 123 Å². The highest BCUT2D eigenvalue weighted by Crippen LogP contribution is 2.31. The van der Waals surface area contributed by atoms with Crippen LogP contribution in [0.1, 0.15) is 11.1 Å². The number of aryl methyl sites for hydroxylation is 2. The number of carbonyl (C=O) groups is 1. The van der Waals surface area contributed by atoms with E-state index >= 15 is 0 Å². The van der Waals surface area contributed by atoms with Gasteiger partial charge in [-0.05, 0) is 37.1 Å².